The maximum atomic E-state index is 10.7. The van der Waals surface area contributed by atoms with E-state index in [0.717, 1.165) is 95.5 Å². The highest BCUT2D eigenvalue weighted by molar-refractivity contribution is 5.94. The summed E-state index contributed by atoms with van der Waals surface area (Å²) in [5.74, 6) is 0.485. The predicted molar refractivity (Wildman–Crippen MR) is 277 cm³/mol. The highest BCUT2D eigenvalue weighted by atomic mass is 16.3. The quantitative estimate of drug-likeness (QED) is 0.0633. The first-order chi connectivity index (χ1) is 29.6. The maximum Gasteiger partial charge on any atom is 0.127 e. The molecule has 0 saturated carbocycles. The fourth-order valence-electron chi connectivity index (χ4n) is 7.71. The molecule has 0 aromatic heterocycles. The van der Waals surface area contributed by atoms with Crippen molar-refractivity contribution in [1.82, 2.24) is 0 Å². The summed E-state index contributed by atoms with van der Waals surface area (Å²) in [6.45, 7) is 24.8. The van der Waals surface area contributed by atoms with E-state index in [-0.39, 0.29) is 11.5 Å². The number of aromatic hydroxyl groups is 2. The molecular formula is C60H88O2. The normalized spacial score (nSPS) is 14.3. The zero-order chi connectivity index (χ0) is 45.7. The lowest BCUT2D eigenvalue weighted by Gasteiger charge is -2.09. The van der Waals surface area contributed by atoms with Gasteiger partial charge < -0.3 is 10.2 Å². The van der Waals surface area contributed by atoms with Crippen LogP contribution in [-0.2, 0) is 6.42 Å². The molecule has 0 atom stereocenters. The van der Waals surface area contributed by atoms with Crippen molar-refractivity contribution in [2.24, 2.45) is 0 Å². The zero-order valence-electron chi connectivity index (χ0n) is 41.5. The third-order valence-corrected chi connectivity index (χ3v) is 12.1. The minimum Gasteiger partial charge on any atom is -0.507 e. The molecule has 0 aliphatic carbocycles. The molecule has 0 aliphatic rings. The topological polar surface area (TPSA) is 40.5 Å². The Morgan fingerprint density at radius 3 is 0.903 bits per heavy atom. The van der Waals surface area contributed by atoms with Gasteiger partial charge in [-0.25, -0.2) is 0 Å². The molecule has 0 unspecified atom stereocenters. The molecule has 2 heteroatoms. The van der Waals surface area contributed by atoms with Crippen molar-refractivity contribution in [3.63, 3.8) is 0 Å². The summed E-state index contributed by atoms with van der Waals surface area (Å²) < 4.78 is 0. The smallest absolute Gasteiger partial charge is 0.127 e. The van der Waals surface area contributed by atoms with Crippen LogP contribution in [0.4, 0.5) is 0 Å². The summed E-state index contributed by atoms with van der Waals surface area (Å²) >= 11 is 0. The monoisotopic (exact) mass is 841 g/mol. The second-order valence-corrected chi connectivity index (χ2v) is 18.7. The zero-order valence-corrected chi connectivity index (χ0v) is 41.5. The van der Waals surface area contributed by atoms with E-state index in [0.29, 0.717) is 17.2 Å². The van der Waals surface area contributed by atoms with E-state index < -0.39 is 0 Å². The Labute approximate surface area is 381 Å². The molecule has 2 rings (SSSR count). The second-order valence-electron chi connectivity index (χ2n) is 18.7. The average molecular weight is 841 g/mol. The molecule has 340 valence electrons. The summed E-state index contributed by atoms with van der Waals surface area (Å²) in [4.78, 5) is 0. The SMILES string of the molecule is CC(C)=CCC/C(C)=C/CC/C(C)=C/CC/C(C)=C/CC/C(C)=C/CC/C(C)=C/CC/C(C)=C/CC/C(C)=C/CC/C(C)=C/CC/C(C)=C/Cc1cc(O)c2ccccc2c1O. The number of phenols is 2. The van der Waals surface area contributed by atoms with E-state index in [4.69, 9.17) is 0 Å². The van der Waals surface area contributed by atoms with Gasteiger partial charge in [0.1, 0.15) is 11.5 Å². The molecule has 62 heavy (non-hydrogen) atoms. The van der Waals surface area contributed by atoms with Gasteiger partial charge in [-0.15, -0.1) is 0 Å². The average Bonchev–Trinajstić information content (AvgIpc) is 3.21. The lowest BCUT2D eigenvalue weighted by Crippen LogP contribution is -1.88. The molecule has 0 radical (unpaired) electrons. The lowest BCUT2D eigenvalue weighted by atomic mass is 10.00. The Bertz CT molecular complexity index is 1970. The van der Waals surface area contributed by atoms with Gasteiger partial charge in [0.2, 0.25) is 0 Å². The number of hydrogen-bond acceptors (Lipinski definition) is 2. The first-order valence-electron chi connectivity index (χ1n) is 24.1. The van der Waals surface area contributed by atoms with Gasteiger partial charge in [0.15, 0.2) is 0 Å². The van der Waals surface area contributed by atoms with Crippen LogP contribution in [0.25, 0.3) is 10.8 Å². The van der Waals surface area contributed by atoms with Crippen molar-refractivity contribution in [3.05, 3.63) is 152 Å². The molecule has 0 spiro atoms. The van der Waals surface area contributed by atoms with Gasteiger partial charge in [-0.3, -0.25) is 0 Å². The molecule has 0 bridgehead atoms. The molecule has 0 heterocycles. The number of hydrogen-bond donors (Lipinski definition) is 2. The minimum atomic E-state index is 0.220. The fraction of sp³-hybridized carbons (Fsp3) is 0.500. The van der Waals surface area contributed by atoms with Crippen LogP contribution in [0, 0.1) is 0 Å². The molecule has 0 saturated heterocycles. The highest BCUT2D eigenvalue weighted by Gasteiger charge is 2.10. The Morgan fingerprint density at radius 1 is 0.355 bits per heavy atom. The van der Waals surface area contributed by atoms with E-state index in [9.17, 15) is 10.2 Å². The number of rotatable bonds is 29. The second kappa shape index (κ2) is 31.5. The largest absolute Gasteiger partial charge is 0.507 e. The van der Waals surface area contributed by atoms with E-state index >= 15 is 0 Å². The van der Waals surface area contributed by atoms with Gasteiger partial charge in [-0.1, -0.05) is 141 Å². The van der Waals surface area contributed by atoms with Crippen LogP contribution in [0.3, 0.4) is 0 Å². The minimum absolute atomic E-state index is 0.220. The van der Waals surface area contributed by atoms with Crippen molar-refractivity contribution >= 4 is 10.8 Å². The summed E-state index contributed by atoms with van der Waals surface area (Å²) in [7, 11) is 0. The maximum absolute atomic E-state index is 10.7. The van der Waals surface area contributed by atoms with Crippen LogP contribution in [0.2, 0.25) is 0 Å². The number of benzene rings is 2. The standard InChI is InChI=1S/C60H88O2/c1-46(2)23-14-24-47(3)25-15-26-48(4)27-16-28-49(5)29-17-30-50(6)31-18-32-51(7)33-19-34-52(8)35-20-36-53(9)37-21-38-54(10)39-22-40-55(11)43-44-56-45-59(61)57-41-12-13-42-58(57)60(56)62/h12-13,23,25,27,29,31,33,35,37,39,41-43,45,61-62H,14-22,24,26,28,30,32,34,36,38,40,44H2,1-11H3/b47-25+,48-27+,49-29+,50-31+,51-33+,52-35+,53-37+,54-39+,55-43+. The van der Waals surface area contributed by atoms with Gasteiger partial charge in [-0.2, -0.15) is 0 Å². The van der Waals surface area contributed by atoms with Crippen molar-refractivity contribution in [3.8, 4) is 11.5 Å². The molecular weight excluding hydrogens is 753 g/mol. The summed E-state index contributed by atoms with van der Waals surface area (Å²) in [6, 6.07) is 9.14. The highest BCUT2D eigenvalue weighted by Crippen LogP contribution is 2.35. The Morgan fingerprint density at radius 2 is 0.613 bits per heavy atom. The number of fused-ring (bicyclic) bond motifs is 1. The van der Waals surface area contributed by atoms with E-state index in [2.05, 4.69) is 137 Å². The van der Waals surface area contributed by atoms with Crippen LogP contribution in [0.5, 0.6) is 11.5 Å². The predicted octanol–water partition coefficient (Wildman–Crippen LogP) is 19.3. The van der Waals surface area contributed by atoms with Gasteiger partial charge in [-0.05, 0) is 204 Å². The fourth-order valence-corrected chi connectivity index (χ4v) is 7.71. The van der Waals surface area contributed by atoms with Crippen molar-refractivity contribution in [2.45, 2.75) is 198 Å². The van der Waals surface area contributed by atoms with Crippen molar-refractivity contribution in [1.29, 1.82) is 0 Å². The van der Waals surface area contributed by atoms with Gasteiger partial charge >= 0.3 is 0 Å². The molecule has 0 aliphatic heterocycles. The third kappa shape index (κ3) is 25.0. The van der Waals surface area contributed by atoms with E-state index in [1.807, 2.05) is 24.3 Å². The van der Waals surface area contributed by atoms with E-state index in [1.54, 1.807) is 6.07 Å². The molecule has 0 fully saturated rings. The van der Waals surface area contributed by atoms with Crippen molar-refractivity contribution in [2.75, 3.05) is 0 Å². The van der Waals surface area contributed by atoms with Gasteiger partial charge in [0.25, 0.3) is 0 Å². The number of phenolic OH excluding ortho intramolecular Hbond substituents is 2. The Balaban J connectivity index is 1.58. The summed E-state index contributed by atoms with van der Waals surface area (Å²) in [5, 5.41) is 22.5. The van der Waals surface area contributed by atoms with Crippen LogP contribution in [-0.4, -0.2) is 10.2 Å². The van der Waals surface area contributed by atoms with Crippen molar-refractivity contribution < 1.29 is 10.2 Å². The molecule has 2 aromatic rings. The summed E-state index contributed by atoms with van der Waals surface area (Å²) in [6.07, 6.45) is 45.0. The molecule has 0 amide bonds. The lowest BCUT2D eigenvalue weighted by molar-refractivity contribution is 0.465. The Hall–Kier alpha value is -4.30. The van der Waals surface area contributed by atoms with Crippen LogP contribution in [0.1, 0.15) is 197 Å². The molecule has 2 aromatic carbocycles. The Kier molecular flexibility index (Phi) is 27.4. The third-order valence-electron chi connectivity index (χ3n) is 12.1. The number of allylic oxidation sites excluding steroid dienone is 20. The first kappa shape index (κ1) is 53.8. The van der Waals surface area contributed by atoms with E-state index in [1.165, 1.54) is 81.4 Å². The first-order valence-corrected chi connectivity index (χ1v) is 24.1. The van der Waals surface area contributed by atoms with Crippen LogP contribution in [0.15, 0.2) is 147 Å². The molecule has 2 nitrogen and oxygen atoms in total. The molecule has 2 N–H and O–H groups in total. The summed E-state index contributed by atoms with van der Waals surface area (Å²) in [5.41, 5.74) is 15.5. The van der Waals surface area contributed by atoms with Gasteiger partial charge in [0.05, 0.1) is 0 Å². The van der Waals surface area contributed by atoms with Crippen LogP contribution < -0.4 is 0 Å². The van der Waals surface area contributed by atoms with Crippen LogP contribution >= 0.6 is 0 Å². The van der Waals surface area contributed by atoms with Gasteiger partial charge in [0, 0.05) is 16.3 Å².